The molecule has 0 aliphatic rings. The predicted molar refractivity (Wildman–Crippen MR) is 68.4 cm³/mol. The van der Waals surface area contributed by atoms with Gasteiger partial charge in [-0.1, -0.05) is 12.2 Å². The van der Waals surface area contributed by atoms with E-state index in [0.29, 0.717) is 0 Å². The van der Waals surface area contributed by atoms with Gasteiger partial charge in [-0.15, -0.1) is 39.5 Å². The molecule has 2 heteroatoms. The van der Waals surface area contributed by atoms with E-state index in [2.05, 4.69) is 39.5 Å². The Hall–Kier alpha value is -1.12. The van der Waals surface area contributed by atoms with Crippen LogP contribution >= 0.6 is 0 Å². The number of aliphatic hydroxyl groups excluding tert-OH is 2. The van der Waals surface area contributed by atoms with Gasteiger partial charge in [0.05, 0.1) is 13.2 Å². The highest BCUT2D eigenvalue weighted by Gasteiger charge is 1.58. The first-order valence-electron chi connectivity index (χ1n) is 4.10. The van der Waals surface area contributed by atoms with E-state index in [9.17, 15) is 0 Å². The number of hydrogen-bond donors (Lipinski definition) is 2. The molecule has 0 saturated heterocycles. The maximum Gasteiger partial charge on any atom is 0.0662 e. The van der Waals surface area contributed by atoms with Gasteiger partial charge in [0.15, 0.2) is 0 Å². The molecule has 0 heterocycles. The molecule has 0 atom stereocenters. The van der Waals surface area contributed by atoms with Gasteiger partial charge < -0.3 is 10.2 Å². The van der Waals surface area contributed by atoms with Crippen molar-refractivity contribution in [2.24, 2.45) is 0 Å². The van der Waals surface area contributed by atoms with Gasteiger partial charge in [-0.05, 0) is 13.8 Å². The highest BCUT2D eigenvalue weighted by molar-refractivity contribution is 4.51. The SMILES string of the molecule is C=C.C=C.C=CC.C=CC.OCCO. The minimum absolute atomic E-state index is 0.125. The average molecular weight is 202 g/mol. The Bertz CT molecular complexity index is 60.7. The second-order valence-corrected chi connectivity index (χ2v) is 1.26. The molecule has 0 aromatic carbocycles. The van der Waals surface area contributed by atoms with Gasteiger partial charge in [-0.3, -0.25) is 0 Å². The van der Waals surface area contributed by atoms with Crippen LogP contribution in [0.25, 0.3) is 0 Å². The smallest absolute Gasteiger partial charge is 0.0662 e. The number of allylic oxidation sites excluding steroid dienone is 2. The fraction of sp³-hybridized carbons (Fsp3) is 0.333. The molecular formula is C12H26O2. The molecule has 0 unspecified atom stereocenters. The van der Waals surface area contributed by atoms with Gasteiger partial charge in [0, 0.05) is 0 Å². The maximum absolute atomic E-state index is 7.62. The first-order valence-corrected chi connectivity index (χ1v) is 4.10. The molecule has 0 saturated carbocycles. The van der Waals surface area contributed by atoms with Crippen LogP contribution in [-0.2, 0) is 0 Å². The Morgan fingerprint density at radius 3 is 0.857 bits per heavy atom. The Kier molecular flexibility index (Phi) is 355. The predicted octanol–water partition coefficient (Wildman–Crippen LogP) is 2.96. The summed E-state index contributed by atoms with van der Waals surface area (Å²) < 4.78 is 0. The lowest BCUT2D eigenvalue weighted by atomic mass is 10.8. The zero-order valence-electron chi connectivity index (χ0n) is 9.71. The van der Waals surface area contributed by atoms with Gasteiger partial charge >= 0.3 is 0 Å². The minimum atomic E-state index is -0.125. The van der Waals surface area contributed by atoms with E-state index in [-0.39, 0.29) is 13.2 Å². The molecule has 0 amide bonds. The quantitative estimate of drug-likeness (QED) is 0.642. The van der Waals surface area contributed by atoms with E-state index < -0.39 is 0 Å². The van der Waals surface area contributed by atoms with Crippen LogP contribution in [0.5, 0.6) is 0 Å². The topological polar surface area (TPSA) is 40.5 Å². The molecule has 0 aromatic heterocycles. The molecule has 2 nitrogen and oxygen atoms in total. The molecule has 0 aliphatic carbocycles. The van der Waals surface area contributed by atoms with E-state index in [1.807, 2.05) is 13.8 Å². The highest BCUT2D eigenvalue weighted by Crippen LogP contribution is 1.39. The molecule has 0 aliphatic heterocycles. The number of aliphatic hydroxyl groups is 2. The summed E-state index contributed by atoms with van der Waals surface area (Å²) in [4.78, 5) is 0. The third-order valence-electron chi connectivity index (χ3n) is 0.1000. The zero-order chi connectivity index (χ0) is 12.8. The summed E-state index contributed by atoms with van der Waals surface area (Å²) in [6.45, 7) is 22.2. The molecule has 86 valence electrons. The summed E-state index contributed by atoms with van der Waals surface area (Å²) in [6, 6.07) is 0. The van der Waals surface area contributed by atoms with Crippen molar-refractivity contribution >= 4 is 0 Å². The van der Waals surface area contributed by atoms with E-state index >= 15 is 0 Å². The van der Waals surface area contributed by atoms with Crippen molar-refractivity contribution in [1.29, 1.82) is 0 Å². The second-order valence-electron chi connectivity index (χ2n) is 1.26. The Morgan fingerprint density at radius 1 is 0.786 bits per heavy atom. The third-order valence-corrected chi connectivity index (χ3v) is 0.1000. The van der Waals surface area contributed by atoms with Crippen LogP contribution < -0.4 is 0 Å². The molecule has 2 N–H and O–H groups in total. The molecule has 0 rings (SSSR count). The van der Waals surface area contributed by atoms with Crippen LogP contribution in [0.4, 0.5) is 0 Å². The minimum Gasteiger partial charge on any atom is -0.394 e. The summed E-state index contributed by atoms with van der Waals surface area (Å²) in [6.07, 6.45) is 3.50. The molecule has 14 heavy (non-hydrogen) atoms. The zero-order valence-corrected chi connectivity index (χ0v) is 9.71. The lowest BCUT2D eigenvalue weighted by molar-refractivity contribution is 0.186. The van der Waals surface area contributed by atoms with Crippen LogP contribution in [0.2, 0.25) is 0 Å². The van der Waals surface area contributed by atoms with Gasteiger partial charge in [-0.2, -0.15) is 0 Å². The van der Waals surface area contributed by atoms with Gasteiger partial charge in [0.2, 0.25) is 0 Å². The summed E-state index contributed by atoms with van der Waals surface area (Å²) in [5, 5.41) is 15.2. The van der Waals surface area contributed by atoms with E-state index in [1.54, 1.807) is 12.2 Å². The van der Waals surface area contributed by atoms with E-state index in [1.165, 1.54) is 0 Å². The van der Waals surface area contributed by atoms with Crippen molar-refractivity contribution in [2.75, 3.05) is 13.2 Å². The van der Waals surface area contributed by atoms with Crippen LogP contribution in [0.15, 0.2) is 51.6 Å². The van der Waals surface area contributed by atoms with Crippen molar-refractivity contribution in [3.8, 4) is 0 Å². The van der Waals surface area contributed by atoms with Gasteiger partial charge in [0.25, 0.3) is 0 Å². The van der Waals surface area contributed by atoms with Crippen molar-refractivity contribution in [2.45, 2.75) is 13.8 Å². The van der Waals surface area contributed by atoms with Crippen LogP contribution in [0.1, 0.15) is 13.8 Å². The van der Waals surface area contributed by atoms with Gasteiger partial charge in [0.1, 0.15) is 0 Å². The molecule has 0 spiro atoms. The normalized spacial score (nSPS) is 4.57. The molecule has 0 bridgehead atoms. The standard InChI is InChI=1S/2C3H6.C2H6O2.2C2H4/c2*1-3-2;3-1-2-4;2*1-2/h2*3H,1H2,2H3;3-4H,1-2H2;2*1-2H2. The third kappa shape index (κ3) is 73800. The highest BCUT2D eigenvalue weighted by atomic mass is 16.3. The largest absolute Gasteiger partial charge is 0.394 e. The first kappa shape index (κ1) is 29.3. The lowest BCUT2D eigenvalue weighted by Crippen LogP contribution is -1.85. The van der Waals surface area contributed by atoms with E-state index in [0.717, 1.165) is 0 Å². The molecule has 0 aromatic rings. The number of hydrogen-bond acceptors (Lipinski definition) is 2. The summed E-state index contributed by atoms with van der Waals surface area (Å²) in [5.41, 5.74) is 0. The average Bonchev–Trinajstić information content (AvgIpc) is 2.26. The summed E-state index contributed by atoms with van der Waals surface area (Å²) >= 11 is 0. The first-order chi connectivity index (χ1) is 6.74. The monoisotopic (exact) mass is 202 g/mol. The molecule has 0 fully saturated rings. The van der Waals surface area contributed by atoms with Crippen LogP contribution in [0, 0.1) is 0 Å². The lowest BCUT2D eigenvalue weighted by Gasteiger charge is -1.70. The van der Waals surface area contributed by atoms with Crippen molar-refractivity contribution < 1.29 is 10.2 Å². The fourth-order valence-electron chi connectivity index (χ4n) is 0. The maximum atomic E-state index is 7.62. The van der Waals surface area contributed by atoms with Crippen molar-refractivity contribution in [3.63, 3.8) is 0 Å². The summed E-state index contributed by atoms with van der Waals surface area (Å²) in [7, 11) is 0. The molecular weight excluding hydrogens is 176 g/mol. The summed E-state index contributed by atoms with van der Waals surface area (Å²) in [5.74, 6) is 0. The van der Waals surface area contributed by atoms with Crippen molar-refractivity contribution in [3.05, 3.63) is 51.6 Å². The molecule has 0 radical (unpaired) electrons. The fourth-order valence-corrected chi connectivity index (χ4v) is 0. The Labute approximate surface area is 89.6 Å². The Balaban J connectivity index is -0.0000000249. The van der Waals surface area contributed by atoms with Crippen LogP contribution in [0.3, 0.4) is 0 Å². The second kappa shape index (κ2) is 170. The van der Waals surface area contributed by atoms with Crippen molar-refractivity contribution in [1.82, 2.24) is 0 Å². The number of rotatable bonds is 1. The van der Waals surface area contributed by atoms with E-state index in [4.69, 9.17) is 10.2 Å². The van der Waals surface area contributed by atoms with Gasteiger partial charge in [-0.25, -0.2) is 0 Å². The Morgan fingerprint density at radius 2 is 0.857 bits per heavy atom. The van der Waals surface area contributed by atoms with Crippen LogP contribution in [-0.4, -0.2) is 23.4 Å².